The SMILES string of the molecule is C[C@H](NC(=O)CCC(C)(C)CCN)c1cccc(F)c1. The standard InChI is InChI=1S/C16H25FN2O/c1-12(13-5-4-6-14(17)11-13)19-15(20)7-8-16(2,3)9-10-18/h4-6,11-12H,7-10,18H2,1-3H3,(H,19,20)/t12-/m0/s1. The van der Waals surface area contributed by atoms with Crippen molar-refractivity contribution in [3.63, 3.8) is 0 Å². The summed E-state index contributed by atoms with van der Waals surface area (Å²) in [6, 6.07) is 6.12. The topological polar surface area (TPSA) is 55.1 Å². The Morgan fingerprint density at radius 3 is 2.70 bits per heavy atom. The molecule has 0 aliphatic carbocycles. The quantitative estimate of drug-likeness (QED) is 0.806. The van der Waals surface area contributed by atoms with Gasteiger partial charge < -0.3 is 11.1 Å². The summed E-state index contributed by atoms with van der Waals surface area (Å²) in [7, 11) is 0. The molecule has 1 aromatic carbocycles. The highest BCUT2D eigenvalue weighted by Crippen LogP contribution is 2.26. The van der Waals surface area contributed by atoms with Crippen LogP contribution in [0.1, 0.15) is 51.6 Å². The van der Waals surface area contributed by atoms with E-state index < -0.39 is 0 Å². The summed E-state index contributed by atoms with van der Waals surface area (Å²) in [5.41, 5.74) is 6.41. The van der Waals surface area contributed by atoms with E-state index in [1.54, 1.807) is 6.07 Å². The Hall–Kier alpha value is -1.42. The lowest BCUT2D eigenvalue weighted by atomic mass is 9.84. The lowest BCUT2D eigenvalue weighted by Gasteiger charge is -2.24. The maximum Gasteiger partial charge on any atom is 0.220 e. The van der Waals surface area contributed by atoms with Crippen molar-refractivity contribution < 1.29 is 9.18 Å². The maximum atomic E-state index is 13.1. The van der Waals surface area contributed by atoms with E-state index in [1.165, 1.54) is 12.1 Å². The highest BCUT2D eigenvalue weighted by atomic mass is 19.1. The van der Waals surface area contributed by atoms with E-state index in [1.807, 2.05) is 13.0 Å². The number of halogens is 1. The van der Waals surface area contributed by atoms with Crippen LogP contribution < -0.4 is 11.1 Å². The second kappa shape index (κ2) is 7.39. The summed E-state index contributed by atoms with van der Waals surface area (Å²) >= 11 is 0. The fourth-order valence-electron chi connectivity index (χ4n) is 2.14. The van der Waals surface area contributed by atoms with Gasteiger partial charge in [0.15, 0.2) is 0 Å². The van der Waals surface area contributed by atoms with Gasteiger partial charge in [0.2, 0.25) is 5.91 Å². The molecule has 4 heteroatoms. The van der Waals surface area contributed by atoms with Crippen molar-refractivity contribution in [3.05, 3.63) is 35.6 Å². The van der Waals surface area contributed by atoms with Gasteiger partial charge in [-0.05, 0) is 49.4 Å². The van der Waals surface area contributed by atoms with Gasteiger partial charge in [0, 0.05) is 6.42 Å². The van der Waals surface area contributed by atoms with Crippen LogP contribution in [-0.4, -0.2) is 12.5 Å². The molecule has 1 atom stereocenters. The number of benzene rings is 1. The lowest BCUT2D eigenvalue weighted by molar-refractivity contribution is -0.122. The summed E-state index contributed by atoms with van der Waals surface area (Å²) in [6.07, 6.45) is 2.16. The fourth-order valence-corrected chi connectivity index (χ4v) is 2.14. The highest BCUT2D eigenvalue weighted by molar-refractivity contribution is 5.76. The number of carbonyl (C=O) groups is 1. The Bertz CT molecular complexity index is 446. The van der Waals surface area contributed by atoms with E-state index >= 15 is 0 Å². The normalized spacial score (nSPS) is 13.1. The van der Waals surface area contributed by atoms with Crippen molar-refractivity contribution in [2.24, 2.45) is 11.1 Å². The molecule has 1 aromatic rings. The smallest absolute Gasteiger partial charge is 0.220 e. The van der Waals surface area contributed by atoms with Gasteiger partial charge in [0.25, 0.3) is 0 Å². The molecule has 0 aliphatic rings. The minimum absolute atomic E-state index is 0.00754. The van der Waals surface area contributed by atoms with Crippen molar-refractivity contribution >= 4 is 5.91 Å². The van der Waals surface area contributed by atoms with Gasteiger partial charge in [0.05, 0.1) is 6.04 Å². The van der Waals surface area contributed by atoms with Crippen LogP contribution in [0.2, 0.25) is 0 Å². The fraction of sp³-hybridized carbons (Fsp3) is 0.562. The predicted octanol–water partition coefficient (Wildman–Crippen LogP) is 3.16. The van der Waals surface area contributed by atoms with E-state index in [4.69, 9.17) is 5.73 Å². The maximum absolute atomic E-state index is 13.1. The summed E-state index contributed by atoms with van der Waals surface area (Å²) in [5, 5.41) is 2.90. The second-order valence-corrected chi connectivity index (χ2v) is 6.05. The van der Waals surface area contributed by atoms with Gasteiger partial charge in [-0.3, -0.25) is 4.79 Å². The van der Waals surface area contributed by atoms with Crippen molar-refractivity contribution in [1.29, 1.82) is 0 Å². The molecule has 0 saturated carbocycles. The number of amides is 1. The van der Waals surface area contributed by atoms with E-state index in [0.29, 0.717) is 13.0 Å². The Morgan fingerprint density at radius 2 is 2.10 bits per heavy atom. The van der Waals surface area contributed by atoms with Crippen LogP contribution in [0.5, 0.6) is 0 Å². The van der Waals surface area contributed by atoms with Gasteiger partial charge in [0.1, 0.15) is 5.82 Å². The molecular formula is C16H25FN2O. The number of nitrogens with one attached hydrogen (secondary N) is 1. The molecule has 1 rings (SSSR count). The molecule has 0 bridgehead atoms. The van der Waals surface area contributed by atoms with Crippen molar-refractivity contribution in [3.8, 4) is 0 Å². The molecule has 0 radical (unpaired) electrons. The average molecular weight is 280 g/mol. The largest absolute Gasteiger partial charge is 0.350 e. The second-order valence-electron chi connectivity index (χ2n) is 6.05. The van der Waals surface area contributed by atoms with Crippen LogP contribution in [0, 0.1) is 11.2 Å². The summed E-state index contributed by atoms with van der Waals surface area (Å²) in [6.45, 7) is 6.72. The van der Waals surface area contributed by atoms with Gasteiger partial charge >= 0.3 is 0 Å². The summed E-state index contributed by atoms with van der Waals surface area (Å²) < 4.78 is 13.1. The number of rotatable bonds is 7. The van der Waals surface area contributed by atoms with E-state index in [-0.39, 0.29) is 23.2 Å². The minimum atomic E-state index is -0.285. The first-order valence-corrected chi connectivity index (χ1v) is 7.09. The van der Waals surface area contributed by atoms with Crippen molar-refractivity contribution in [1.82, 2.24) is 5.32 Å². The monoisotopic (exact) mass is 280 g/mol. The Balaban J connectivity index is 2.46. The number of nitrogens with two attached hydrogens (primary N) is 1. The van der Waals surface area contributed by atoms with Crippen LogP contribution in [0.3, 0.4) is 0 Å². The number of hydrogen-bond acceptors (Lipinski definition) is 2. The van der Waals surface area contributed by atoms with Crippen molar-refractivity contribution in [2.45, 2.75) is 46.1 Å². The Morgan fingerprint density at radius 1 is 1.40 bits per heavy atom. The van der Waals surface area contributed by atoms with Crippen LogP contribution in [-0.2, 0) is 4.79 Å². The zero-order chi connectivity index (χ0) is 15.2. The van der Waals surface area contributed by atoms with Crippen LogP contribution in [0.25, 0.3) is 0 Å². The van der Waals surface area contributed by atoms with E-state index in [2.05, 4.69) is 19.2 Å². The average Bonchev–Trinajstić information content (AvgIpc) is 2.36. The van der Waals surface area contributed by atoms with Crippen LogP contribution >= 0.6 is 0 Å². The number of hydrogen-bond donors (Lipinski definition) is 2. The van der Waals surface area contributed by atoms with Gasteiger partial charge in [-0.25, -0.2) is 4.39 Å². The first kappa shape index (κ1) is 16.6. The van der Waals surface area contributed by atoms with Crippen molar-refractivity contribution in [2.75, 3.05) is 6.54 Å². The first-order chi connectivity index (χ1) is 9.34. The third kappa shape index (κ3) is 5.70. The summed E-state index contributed by atoms with van der Waals surface area (Å²) in [4.78, 5) is 11.9. The molecule has 3 N–H and O–H groups in total. The Labute approximate surface area is 120 Å². The van der Waals surface area contributed by atoms with Gasteiger partial charge in [-0.1, -0.05) is 26.0 Å². The van der Waals surface area contributed by atoms with E-state index in [0.717, 1.165) is 18.4 Å². The molecule has 1 amide bonds. The van der Waals surface area contributed by atoms with Crippen LogP contribution in [0.15, 0.2) is 24.3 Å². The zero-order valence-corrected chi connectivity index (χ0v) is 12.6. The van der Waals surface area contributed by atoms with Gasteiger partial charge in [-0.2, -0.15) is 0 Å². The first-order valence-electron chi connectivity index (χ1n) is 7.09. The molecule has 20 heavy (non-hydrogen) atoms. The lowest BCUT2D eigenvalue weighted by Crippen LogP contribution is -2.28. The Kier molecular flexibility index (Phi) is 6.14. The predicted molar refractivity (Wildman–Crippen MR) is 79.6 cm³/mol. The van der Waals surface area contributed by atoms with E-state index in [9.17, 15) is 9.18 Å². The molecule has 3 nitrogen and oxygen atoms in total. The molecule has 0 aliphatic heterocycles. The molecular weight excluding hydrogens is 255 g/mol. The van der Waals surface area contributed by atoms with Crippen LogP contribution in [0.4, 0.5) is 4.39 Å². The highest BCUT2D eigenvalue weighted by Gasteiger charge is 2.19. The minimum Gasteiger partial charge on any atom is -0.350 e. The zero-order valence-electron chi connectivity index (χ0n) is 12.6. The van der Waals surface area contributed by atoms with Gasteiger partial charge in [-0.15, -0.1) is 0 Å². The third-order valence-electron chi connectivity index (χ3n) is 3.58. The molecule has 0 fully saturated rings. The molecule has 0 saturated heterocycles. The molecule has 112 valence electrons. The molecule has 0 heterocycles. The summed E-state index contributed by atoms with van der Waals surface area (Å²) in [5.74, 6) is -0.292. The number of carbonyl (C=O) groups excluding carboxylic acids is 1. The molecule has 0 spiro atoms. The molecule has 0 unspecified atom stereocenters. The third-order valence-corrected chi connectivity index (χ3v) is 3.58. The molecule has 0 aromatic heterocycles.